The summed E-state index contributed by atoms with van der Waals surface area (Å²) >= 11 is 0. The van der Waals surface area contributed by atoms with Crippen molar-refractivity contribution >= 4 is 11.5 Å². The Balaban J connectivity index is 2.14. The zero-order chi connectivity index (χ0) is 13.7. The lowest BCUT2D eigenvalue weighted by Crippen LogP contribution is -2.04. The van der Waals surface area contributed by atoms with Gasteiger partial charge in [-0.2, -0.15) is 5.26 Å². The van der Waals surface area contributed by atoms with Crippen LogP contribution in [0.2, 0.25) is 0 Å². The lowest BCUT2D eigenvalue weighted by Gasteiger charge is -2.11. The van der Waals surface area contributed by atoms with Crippen molar-refractivity contribution in [3.05, 3.63) is 47.7 Å². The van der Waals surface area contributed by atoms with Crippen LogP contribution >= 0.6 is 0 Å². The molecule has 3 N–H and O–H groups in total. The van der Waals surface area contributed by atoms with Gasteiger partial charge in [0.2, 0.25) is 0 Å². The number of aromatic nitrogens is 1. The zero-order valence-electron chi connectivity index (χ0n) is 10.6. The maximum absolute atomic E-state index is 8.79. The number of hydrogen-bond acceptors (Lipinski definition) is 5. The molecular formula is C14H14N4O. The quantitative estimate of drug-likeness (QED) is 0.817. The lowest BCUT2D eigenvalue weighted by molar-refractivity contribution is 0.410. The smallest absolute Gasteiger partial charge is 0.142 e. The molecule has 0 bridgehead atoms. The molecule has 0 aliphatic rings. The molecule has 0 saturated carbocycles. The summed E-state index contributed by atoms with van der Waals surface area (Å²) in [5.74, 6) is 1.40. The van der Waals surface area contributed by atoms with Gasteiger partial charge in [0.05, 0.1) is 7.11 Å². The standard InChI is InChI=1S/C14H14N4O/c1-19-13-6-5-11(16)7-10(13)9-17-14-4-2-3-12(8-15)18-14/h2-7H,9,16H2,1H3,(H,17,18). The molecule has 0 spiro atoms. The Bertz CT molecular complexity index is 619. The van der Waals surface area contributed by atoms with Crippen LogP contribution in [0, 0.1) is 11.3 Å². The third-order valence-electron chi connectivity index (χ3n) is 2.63. The summed E-state index contributed by atoms with van der Waals surface area (Å²) < 4.78 is 5.27. The highest BCUT2D eigenvalue weighted by Gasteiger charge is 2.04. The number of nitrogens with two attached hydrogens (primary N) is 1. The van der Waals surface area contributed by atoms with Gasteiger partial charge in [0.1, 0.15) is 23.3 Å². The van der Waals surface area contributed by atoms with E-state index in [1.54, 1.807) is 31.4 Å². The molecule has 0 atom stereocenters. The second-order valence-corrected chi connectivity index (χ2v) is 3.94. The fourth-order valence-corrected chi connectivity index (χ4v) is 1.72. The van der Waals surface area contributed by atoms with Crippen LogP contribution < -0.4 is 15.8 Å². The largest absolute Gasteiger partial charge is 0.496 e. The van der Waals surface area contributed by atoms with E-state index in [0.29, 0.717) is 23.7 Å². The molecule has 0 aliphatic heterocycles. The van der Waals surface area contributed by atoms with Crippen molar-refractivity contribution in [3.8, 4) is 11.8 Å². The Morgan fingerprint density at radius 1 is 1.37 bits per heavy atom. The number of nitrogen functional groups attached to an aromatic ring is 1. The predicted molar refractivity (Wildman–Crippen MR) is 73.7 cm³/mol. The van der Waals surface area contributed by atoms with E-state index >= 15 is 0 Å². The van der Waals surface area contributed by atoms with E-state index in [0.717, 1.165) is 11.3 Å². The highest BCUT2D eigenvalue weighted by atomic mass is 16.5. The zero-order valence-corrected chi connectivity index (χ0v) is 10.6. The monoisotopic (exact) mass is 254 g/mol. The van der Waals surface area contributed by atoms with Crippen molar-refractivity contribution in [1.82, 2.24) is 4.98 Å². The normalized spacial score (nSPS) is 9.68. The van der Waals surface area contributed by atoms with Crippen molar-refractivity contribution in [1.29, 1.82) is 5.26 Å². The predicted octanol–water partition coefficient (Wildman–Crippen LogP) is 2.16. The highest BCUT2D eigenvalue weighted by molar-refractivity contribution is 5.49. The lowest BCUT2D eigenvalue weighted by atomic mass is 10.1. The summed E-state index contributed by atoms with van der Waals surface area (Å²) in [7, 11) is 1.61. The maximum Gasteiger partial charge on any atom is 0.142 e. The Kier molecular flexibility index (Phi) is 3.84. The van der Waals surface area contributed by atoms with E-state index in [9.17, 15) is 0 Å². The fourth-order valence-electron chi connectivity index (χ4n) is 1.72. The van der Waals surface area contributed by atoms with Crippen LogP contribution in [0.15, 0.2) is 36.4 Å². The molecule has 1 heterocycles. The van der Waals surface area contributed by atoms with E-state index < -0.39 is 0 Å². The Hall–Kier alpha value is -2.74. The van der Waals surface area contributed by atoms with Crippen molar-refractivity contribution in [2.24, 2.45) is 0 Å². The van der Waals surface area contributed by atoms with Gasteiger partial charge in [-0.25, -0.2) is 4.98 Å². The minimum Gasteiger partial charge on any atom is -0.496 e. The van der Waals surface area contributed by atoms with Crippen molar-refractivity contribution in [2.75, 3.05) is 18.2 Å². The molecule has 0 saturated heterocycles. The number of anilines is 2. The molecule has 0 aliphatic carbocycles. The maximum atomic E-state index is 8.79. The number of nitrogens with zero attached hydrogens (tertiary/aromatic N) is 2. The highest BCUT2D eigenvalue weighted by Crippen LogP contribution is 2.21. The van der Waals surface area contributed by atoms with Crippen LogP contribution in [0.25, 0.3) is 0 Å². The molecule has 96 valence electrons. The Morgan fingerprint density at radius 2 is 2.21 bits per heavy atom. The van der Waals surface area contributed by atoms with Crippen LogP contribution in [-0.4, -0.2) is 12.1 Å². The summed E-state index contributed by atoms with van der Waals surface area (Å²) in [5.41, 5.74) is 7.75. The van der Waals surface area contributed by atoms with Crippen molar-refractivity contribution < 1.29 is 4.74 Å². The second-order valence-electron chi connectivity index (χ2n) is 3.94. The van der Waals surface area contributed by atoms with E-state index in [1.807, 2.05) is 18.2 Å². The summed E-state index contributed by atoms with van der Waals surface area (Å²) in [4.78, 5) is 4.14. The second kappa shape index (κ2) is 5.74. The Morgan fingerprint density at radius 3 is 2.95 bits per heavy atom. The molecule has 0 radical (unpaired) electrons. The molecule has 2 rings (SSSR count). The summed E-state index contributed by atoms with van der Waals surface area (Å²) in [6, 6.07) is 12.7. The molecule has 0 fully saturated rings. The number of benzene rings is 1. The van der Waals surface area contributed by atoms with E-state index in [4.69, 9.17) is 15.7 Å². The third kappa shape index (κ3) is 3.13. The molecule has 0 amide bonds. The number of rotatable bonds is 4. The molecule has 1 aromatic carbocycles. The van der Waals surface area contributed by atoms with Crippen molar-refractivity contribution in [3.63, 3.8) is 0 Å². The van der Waals surface area contributed by atoms with E-state index in [1.165, 1.54) is 0 Å². The Labute approximate surface area is 111 Å². The van der Waals surface area contributed by atoms with Crippen LogP contribution in [0.4, 0.5) is 11.5 Å². The van der Waals surface area contributed by atoms with Crippen LogP contribution in [0.5, 0.6) is 5.75 Å². The first-order valence-electron chi connectivity index (χ1n) is 5.76. The average Bonchev–Trinajstić information content (AvgIpc) is 2.45. The number of nitriles is 1. The minimum absolute atomic E-state index is 0.379. The number of pyridine rings is 1. The van der Waals surface area contributed by atoms with E-state index in [2.05, 4.69) is 10.3 Å². The van der Waals surface area contributed by atoms with Crippen LogP contribution in [0.1, 0.15) is 11.3 Å². The number of methoxy groups -OCH3 is 1. The van der Waals surface area contributed by atoms with Crippen LogP contribution in [-0.2, 0) is 6.54 Å². The van der Waals surface area contributed by atoms with Crippen molar-refractivity contribution in [2.45, 2.75) is 6.54 Å². The molecular weight excluding hydrogens is 240 g/mol. The third-order valence-corrected chi connectivity index (χ3v) is 2.63. The van der Waals surface area contributed by atoms with Gasteiger partial charge in [0.25, 0.3) is 0 Å². The molecule has 0 unspecified atom stereocenters. The van der Waals surface area contributed by atoms with Gasteiger partial charge in [-0.3, -0.25) is 0 Å². The number of ether oxygens (including phenoxy) is 1. The van der Waals surface area contributed by atoms with Crippen LogP contribution in [0.3, 0.4) is 0 Å². The number of hydrogen-bond donors (Lipinski definition) is 2. The summed E-state index contributed by atoms with van der Waals surface area (Å²) in [5, 5.41) is 11.9. The summed E-state index contributed by atoms with van der Waals surface area (Å²) in [6.07, 6.45) is 0. The molecule has 19 heavy (non-hydrogen) atoms. The van der Waals surface area contributed by atoms with Gasteiger partial charge < -0.3 is 15.8 Å². The fraction of sp³-hybridized carbons (Fsp3) is 0.143. The SMILES string of the molecule is COc1ccc(N)cc1CNc1cccc(C#N)n1. The first-order valence-corrected chi connectivity index (χ1v) is 5.76. The van der Waals surface area contributed by atoms with Gasteiger partial charge >= 0.3 is 0 Å². The number of nitrogens with one attached hydrogen (secondary N) is 1. The van der Waals surface area contributed by atoms with Gasteiger partial charge in [-0.15, -0.1) is 0 Å². The van der Waals surface area contributed by atoms with Gasteiger partial charge in [0.15, 0.2) is 0 Å². The molecule has 1 aromatic heterocycles. The topological polar surface area (TPSA) is 84.0 Å². The minimum atomic E-state index is 0.379. The van der Waals surface area contributed by atoms with Gasteiger partial charge in [-0.05, 0) is 30.3 Å². The average molecular weight is 254 g/mol. The molecule has 5 heteroatoms. The molecule has 2 aromatic rings. The van der Waals surface area contributed by atoms with Gasteiger partial charge in [-0.1, -0.05) is 6.07 Å². The first kappa shape index (κ1) is 12.7. The molecule has 5 nitrogen and oxygen atoms in total. The summed E-state index contributed by atoms with van der Waals surface area (Å²) in [6.45, 7) is 0.524. The van der Waals surface area contributed by atoms with E-state index in [-0.39, 0.29) is 0 Å². The van der Waals surface area contributed by atoms with Gasteiger partial charge in [0, 0.05) is 17.8 Å². The first-order chi connectivity index (χ1) is 9.22.